The molecule has 1 saturated heterocycles. The Morgan fingerprint density at radius 1 is 1.02 bits per heavy atom. The lowest BCUT2D eigenvalue weighted by Crippen LogP contribution is -2.54. The van der Waals surface area contributed by atoms with Gasteiger partial charge in [0.2, 0.25) is 17.7 Å². The molecule has 17 nitrogen and oxygen atoms in total. The zero-order chi connectivity index (χ0) is 32.9. The van der Waals surface area contributed by atoms with Crippen LogP contribution < -0.4 is 38.7 Å². The number of piperidine rings is 1. The van der Waals surface area contributed by atoms with Gasteiger partial charge >= 0.3 is 5.69 Å². The first-order valence-corrected chi connectivity index (χ1v) is 14.6. The largest absolute Gasteiger partial charge is 0.384 e. The minimum Gasteiger partial charge on any atom is -0.384 e. The third-order valence-electron chi connectivity index (χ3n) is 8.11. The summed E-state index contributed by atoms with van der Waals surface area (Å²) in [4.78, 5) is 106. The number of benzene rings is 1. The standard InChI is InChI=1S/C29H29N9O8/c30-22-15(23(31)41)11-16-24(35-22)37(13-5-6-13)29(46)36(26(16)43)12-20(40)33-10-2-9-32-17-4-1-3-14-21(17)28(45)38(27(14)44)18-7-8-19(39)34-25(18)42/h1,3-4,11,13,18,32H,2,5-10,12H2,(H2,30,35)(H2,31,41)(H,33,40)(H,34,39,42). The van der Waals surface area contributed by atoms with E-state index in [1.807, 2.05) is 0 Å². The van der Waals surface area contributed by atoms with Crippen LogP contribution in [0.15, 0.2) is 33.9 Å². The van der Waals surface area contributed by atoms with Crippen LogP contribution in [0.3, 0.4) is 0 Å². The van der Waals surface area contributed by atoms with Crippen LogP contribution in [0.1, 0.15) is 69.2 Å². The van der Waals surface area contributed by atoms with Crippen LogP contribution in [0.5, 0.6) is 0 Å². The minimum atomic E-state index is -1.09. The highest BCUT2D eigenvalue weighted by Crippen LogP contribution is 2.35. The maximum absolute atomic E-state index is 13.3. The lowest BCUT2D eigenvalue weighted by molar-refractivity contribution is -0.136. The number of rotatable bonds is 10. The SMILES string of the molecule is NC(=O)c1cc2c(=O)n(CC(=O)NCCCNc3cccc4c3C(=O)N(C3CCC(=O)NC3=O)C4=O)c(=O)n(C3CC3)c2nc1N. The summed E-state index contributed by atoms with van der Waals surface area (Å²) >= 11 is 0. The smallest absolute Gasteiger partial charge is 0.333 e. The summed E-state index contributed by atoms with van der Waals surface area (Å²) in [6.07, 6.45) is 1.75. The molecule has 4 heterocycles. The van der Waals surface area contributed by atoms with E-state index in [9.17, 15) is 38.4 Å². The lowest BCUT2D eigenvalue weighted by atomic mass is 10.0. The highest BCUT2D eigenvalue weighted by Gasteiger charge is 2.45. The zero-order valence-electron chi connectivity index (χ0n) is 24.3. The molecule has 0 spiro atoms. The third kappa shape index (κ3) is 5.24. The average Bonchev–Trinajstić information content (AvgIpc) is 3.81. The topological polar surface area (TPSA) is 251 Å². The van der Waals surface area contributed by atoms with Gasteiger partial charge in [-0.1, -0.05) is 6.07 Å². The molecule has 3 aliphatic rings. The zero-order valence-corrected chi connectivity index (χ0v) is 24.3. The number of hydrogen-bond acceptors (Lipinski definition) is 11. The Labute approximate surface area is 258 Å². The number of anilines is 2. The number of imide groups is 2. The molecule has 2 aromatic heterocycles. The van der Waals surface area contributed by atoms with Crippen LogP contribution >= 0.6 is 0 Å². The maximum Gasteiger partial charge on any atom is 0.333 e. The van der Waals surface area contributed by atoms with Gasteiger partial charge in [0, 0.05) is 31.2 Å². The number of amides is 6. The number of hydrogen-bond donors (Lipinski definition) is 5. The van der Waals surface area contributed by atoms with Gasteiger partial charge in [-0.3, -0.25) is 52.9 Å². The molecule has 1 saturated carbocycles. The number of nitrogen functional groups attached to an aromatic ring is 1. The van der Waals surface area contributed by atoms with Crippen LogP contribution in [0.25, 0.3) is 11.0 Å². The highest BCUT2D eigenvalue weighted by molar-refractivity contribution is 6.25. The van der Waals surface area contributed by atoms with E-state index in [0.29, 0.717) is 24.9 Å². The van der Waals surface area contributed by atoms with Crippen LogP contribution in [0.4, 0.5) is 11.5 Å². The molecule has 1 unspecified atom stereocenters. The molecule has 1 atom stereocenters. The number of nitrogens with zero attached hydrogens (tertiary/aromatic N) is 4. The Bertz CT molecular complexity index is 1990. The van der Waals surface area contributed by atoms with Gasteiger partial charge in [-0.25, -0.2) is 9.78 Å². The van der Waals surface area contributed by atoms with Crippen LogP contribution in [-0.4, -0.2) is 73.6 Å². The molecule has 1 aromatic carbocycles. The summed E-state index contributed by atoms with van der Waals surface area (Å²) in [6, 6.07) is 4.56. The Balaban J connectivity index is 1.10. The van der Waals surface area contributed by atoms with E-state index in [0.717, 1.165) is 9.47 Å². The molecule has 6 amide bonds. The summed E-state index contributed by atoms with van der Waals surface area (Å²) < 4.78 is 2.09. The van der Waals surface area contributed by atoms with Crippen molar-refractivity contribution in [3.05, 3.63) is 61.8 Å². The summed E-state index contributed by atoms with van der Waals surface area (Å²) in [7, 11) is 0. The predicted octanol–water partition coefficient (Wildman–Crippen LogP) is -1.41. The lowest BCUT2D eigenvalue weighted by Gasteiger charge is -2.27. The van der Waals surface area contributed by atoms with E-state index in [2.05, 4.69) is 20.9 Å². The van der Waals surface area contributed by atoms with Crippen molar-refractivity contribution in [3.8, 4) is 0 Å². The van der Waals surface area contributed by atoms with Gasteiger partial charge in [0.25, 0.3) is 23.3 Å². The van der Waals surface area contributed by atoms with Gasteiger partial charge in [-0.05, 0) is 43.9 Å². The summed E-state index contributed by atoms with van der Waals surface area (Å²) in [5.41, 5.74) is 10.1. The van der Waals surface area contributed by atoms with Crippen molar-refractivity contribution in [1.29, 1.82) is 0 Å². The van der Waals surface area contributed by atoms with Gasteiger partial charge in [0.1, 0.15) is 18.4 Å². The molecule has 17 heteroatoms. The van der Waals surface area contributed by atoms with Crippen molar-refractivity contribution < 1.29 is 28.8 Å². The molecular formula is C29H29N9O8. The van der Waals surface area contributed by atoms with E-state index in [1.54, 1.807) is 12.1 Å². The van der Waals surface area contributed by atoms with Crippen molar-refractivity contribution in [2.45, 2.75) is 50.7 Å². The summed E-state index contributed by atoms with van der Waals surface area (Å²) in [5.74, 6) is -4.15. The van der Waals surface area contributed by atoms with E-state index in [-0.39, 0.29) is 65.5 Å². The third-order valence-corrected chi connectivity index (χ3v) is 8.11. The molecule has 46 heavy (non-hydrogen) atoms. The molecule has 2 fully saturated rings. The number of carbonyl (C=O) groups excluding carboxylic acids is 6. The number of fused-ring (bicyclic) bond motifs is 2. The Kier molecular flexibility index (Phi) is 7.59. The molecule has 1 aliphatic carbocycles. The van der Waals surface area contributed by atoms with Gasteiger partial charge in [-0.15, -0.1) is 0 Å². The monoisotopic (exact) mass is 631 g/mol. The fourth-order valence-corrected chi connectivity index (χ4v) is 5.71. The fraction of sp³-hybridized carbons (Fsp3) is 0.345. The Morgan fingerprint density at radius 2 is 1.78 bits per heavy atom. The van der Waals surface area contributed by atoms with Crippen molar-refractivity contribution >= 4 is 58.0 Å². The van der Waals surface area contributed by atoms with Crippen molar-refractivity contribution in [1.82, 2.24) is 29.7 Å². The van der Waals surface area contributed by atoms with E-state index in [4.69, 9.17) is 11.5 Å². The summed E-state index contributed by atoms with van der Waals surface area (Å²) in [6.45, 7) is -0.174. The summed E-state index contributed by atoms with van der Waals surface area (Å²) in [5, 5.41) is 7.82. The van der Waals surface area contributed by atoms with Crippen molar-refractivity contribution in [2.75, 3.05) is 24.1 Å². The van der Waals surface area contributed by atoms with Crippen molar-refractivity contribution in [3.63, 3.8) is 0 Å². The Morgan fingerprint density at radius 3 is 2.48 bits per heavy atom. The molecule has 7 N–H and O–H groups in total. The molecule has 238 valence electrons. The number of nitrogens with two attached hydrogens (primary N) is 2. The molecule has 0 radical (unpaired) electrons. The number of primary amides is 1. The number of pyridine rings is 1. The van der Waals surface area contributed by atoms with Gasteiger partial charge in [0.15, 0.2) is 5.65 Å². The molecule has 0 bridgehead atoms. The van der Waals surface area contributed by atoms with Crippen LogP contribution in [0, 0.1) is 0 Å². The van der Waals surface area contributed by atoms with E-state index in [1.165, 1.54) is 16.7 Å². The number of carbonyl (C=O) groups is 6. The van der Waals surface area contributed by atoms with Gasteiger partial charge in [0.05, 0.1) is 22.1 Å². The first kappa shape index (κ1) is 30.2. The van der Waals surface area contributed by atoms with Crippen LogP contribution in [-0.2, 0) is 20.9 Å². The first-order valence-electron chi connectivity index (χ1n) is 14.6. The quantitative estimate of drug-likeness (QED) is 0.128. The van der Waals surface area contributed by atoms with Gasteiger partial charge < -0.3 is 22.1 Å². The molecular weight excluding hydrogens is 602 g/mol. The number of aromatic nitrogens is 3. The minimum absolute atomic E-state index is 0.00927. The normalized spacial score (nSPS) is 17.7. The number of nitrogens with one attached hydrogen (secondary N) is 3. The van der Waals surface area contributed by atoms with Gasteiger partial charge in [-0.2, -0.15) is 0 Å². The van der Waals surface area contributed by atoms with Crippen molar-refractivity contribution in [2.24, 2.45) is 5.73 Å². The molecule has 3 aromatic rings. The second kappa shape index (κ2) is 11.6. The highest BCUT2D eigenvalue weighted by atomic mass is 16.2. The Hall–Kier alpha value is -5.87. The van der Waals surface area contributed by atoms with Crippen LogP contribution in [0.2, 0.25) is 0 Å². The van der Waals surface area contributed by atoms with E-state index < -0.39 is 59.3 Å². The first-order chi connectivity index (χ1) is 22.0. The predicted molar refractivity (Wildman–Crippen MR) is 161 cm³/mol. The van der Waals surface area contributed by atoms with E-state index >= 15 is 0 Å². The second-order valence-electron chi connectivity index (χ2n) is 11.2. The maximum atomic E-state index is 13.3. The average molecular weight is 632 g/mol. The molecule has 2 aliphatic heterocycles. The fourth-order valence-electron chi connectivity index (χ4n) is 5.71. The second-order valence-corrected chi connectivity index (χ2v) is 11.2. The molecule has 6 rings (SSSR count).